The molecule has 1 aromatic carbocycles. The number of amides is 1. The second-order valence-corrected chi connectivity index (χ2v) is 7.82. The van der Waals surface area contributed by atoms with Gasteiger partial charge in [0.1, 0.15) is 5.82 Å². The van der Waals surface area contributed by atoms with Crippen LogP contribution in [0.25, 0.3) is 0 Å². The van der Waals surface area contributed by atoms with Gasteiger partial charge in [-0.05, 0) is 52.4 Å². The molecule has 0 N–H and O–H groups in total. The molecule has 0 radical (unpaired) electrons. The first-order chi connectivity index (χ1) is 13.4. The Morgan fingerprint density at radius 1 is 1.29 bits per heavy atom. The minimum absolute atomic E-state index is 0.0540. The highest BCUT2D eigenvalue weighted by molar-refractivity contribution is 5.95. The largest absolute Gasteiger partial charge is 0.345 e. The molecule has 0 saturated carbocycles. The number of likely N-dealkylation sites (N-methyl/N-ethyl adjacent to an activating group) is 1. The van der Waals surface area contributed by atoms with E-state index in [0.717, 1.165) is 42.9 Å². The quantitative estimate of drug-likeness (QED) is 0.763. The zero-order valence-corrected chi connectivity index (χ0v) is 17.4. The molecule has 0 bridgehead atoms. The lowest BCUT2D eigenvalue weighted by Crippen LogP contribution is -2.40. The molecule has 2 heterocycles. The van der Waals surface area contributed by atoms with E-state index in [0.29, 0.717) is 19.6 Å². The monoisotopic (exact) mass is 385 g/mol. The fourth-order valence-corrected chi connectivity index (χ4v) is 3.85. The van der Waals surface area contributed by atoms with E-state index in [1.165, 1.54) is 0 Å². The van der Waals surface area contributed by atoms with Gasteiger partial charge in [0.25, 0.3) is 5.91 Å². The molecule has 0 unspecified atom stereocenters. The van der Waals surface area contributed by atoms with E-state index in [-0.39, 0.29) is 17.5 Å². The van der Waals surface area contributed by atoms with Crippen LogP contribution >= 0.6 is 0 Å². The fourth-order valence-electron chi connectivity index (χ4n) is 3.85. The van der Waals surface area contributed by atoms with Gasteiger partial charge in [-0.1, -0.05) is 18.2 Å². The predicted molar refractivity (Wildman–Crippen MR) is 110 cm³/mol. The number of carbonyl (C=O) groups excluding carboxylic acids is 1. The van der Waals surface area contributed by atoms with Gasteiger partial charge in [0.05, 0.1) is 6.54 Å². The lowest BCUT2D eigenvalue weighted by molar-refractivity contribution is 0.0702. The van der Waals surface area contributed by atoms with Crippen LogP contribution in [0.15, 0.2) is 29.1 Å². The predicted octanol–water partition coefficient (Wildman–Crippen LogP) is 1.95. The second-order valence-electron chi connectivity index (χ2n) is 7.82. The van der Waals surface area contributed by atoms with Crippen LogP contribution in [0.1, 0.15) is 47.4 Å². The molecular weight excluding hydrogens is 354 g/mol. The highest BCUT2D eigenvalue weighted by atomic mass is 16.2. The van der Waals surface area contributed by atoms with Gasteiger partial charge < -0.3 is 9.80 Å². The van der Waals surface area contributed by atoms with E-state index >= 15 is 0 Å². The maximum atomic E-state index is 13.0. The number of rotatable bonds is 6. The Morgan fingerprint density at radius 2 is 2.04 bits per heavy atom. The van der Waals surface area contributed by atoms with Crippen molar-refractivity contribution in [1.29, 1.82) is 0 Å². The van der Waals surface area contributed by atoms with Gasteiger partial charge in [-0.2, -0.15) is 5.10 Å². The summed E-state index contributed by atoms with van der Waals surface area (Å²) in [7, 11) is 3.97. The topological polar surface area (TPSA) is 63.4 Å². The minimum Gasteiger partial charge on any atom is -0.338 e. The molecular formula is C21H31N5O2. The van der Waals surface area contributed by atoms with Crippen LogP contribution < -0.4 is 5.69 Å². The lowest BCUT2D eigenvalue weighted by Gasteiger charge is -2.32. The van der Waals surface area contributed by atoms with Gasteiger partial charge in [0.2, 0.25) is 0 Å². The molecule has 0 spiro atoms. The first-order valence-corrected chi connectivity index (χ1v) is 10.1. The second kappa shape index (κ2) is 8.73. The zero-order valence-electron chi connectivity index (χ0n) is 17.4. The van der Waals surface area contributed by atoms with Crippen molar-refractivity contribution >= 4 is 5.91 Å². The van der Waals surface area contributed by atoms with E-state index < -0.39 is 0 Å². The number of carbonyl (C=O) groups is 1. The van der Waals surface area contributed by atoms with E-state index in [9.17, 15) is 9.59 Å². The molecule has 3 rings (SSSR count). The standard InChI is InChI=1S/C21H31N5O2/c1-5-25-19(22-26(21(25)28)14-13-23(3)4)17-10-8-12-24(15-17)20(27)18-11-7-6-9-16(18)2/h6-7,9,11,17H,5,8,10,12-15H2,1-4H3/t17-/m0/s1. The summed E-state index contributed by atoms with van der Waals surface area (Å²) < 4.78 is 3.34. The molecule has 2 aromatic rings. The van der Waals surface area contributed by atoms with Gasteiger partial charge >= 0.3 is 5.69 Å². The van der Waals surface area contributed by atoms with E-state index in [1.807, 2.05) is 62.0 Å². The van der Waals surface area contributed by atoms with Gasteiger partial charge in [0.15, 0.2) is 0 Å². The molecule has 28 heavy (non-hydrogen) atoms. The van der Waals surface area contributed by atoms with Crippen molar-refractivity contribution in [2.24, 2.45) is 0 Å². The summed E-state index contributed by atoms with van der Waals surface area (Å²) in [6.07, 6.45) is 1.87. The lowest BCUT2D eigenvalue weighted by atomic mass is 9.96. The van der Waals surface area contributed by atoms with Crippen molar-refractivity contribution in [3.8, 4) is 0 Å². The third-order valence-electron chi connectivity index (χ3n) is 5.48. The van der Waals surface area contributed by atoms with E-state index in [1.54, 1.807) is 9.25 Å². The van der Waals surface area contributed by atoms with Crippen LogP contribution in [0, 0.1) is 6.92 Å². The summed E-state index contributed by atoms with van der Waals surface area (Å²) in [5.41, 5.74) is 1.70. The van der Waals surface area contributed by atoms with Crippen molar-refractivity contribution < 1.29 is 4.79 Å². The Kier molecular flexibility index (Phi) is 6.34. The molecule has 1 aliphatic heterocycles. The summed E-state index contributed by atoms with van der Waals surface area (Å²) in [6.45, 7) is 7.24. The van der Waals surface area contributed by atoms with Gasteiger partial charge in [0, 0.05) is 37.7 Å². The molecule has 1 amide bonds. The SMILES string of the molecule is CCn1c([C@H]2CCCN(C(=O)c3ccccc3C)C2)nn(CCN(C)C)c1=O. The Morgan fingerprint density at radius 3 is 2.71 bits per heavy atom. The van der Waals surface area contributed by atoms with Crippen LogP contribution in [0.2, 0.25) is 0 Å². The molecule has 1 saturated heterocycles. The molecule has 1 fully saturated rings. The molecule has 0 aliphatic carbocycles. The Labute approximate surface area is 166 Å². The summed E-state index contributed by atoms with van der Waals surface area (Å²) in [5, 5.41) is 4.66. The number of aryl methyl sites for hydroxylation is 1. The number of benzene rings is 1. The number of likely N-dealkylation sites (tertiary alicyclic amines) is 1. The van der Waals surface area contributed by atoms with Crippen molar-refractivity contribution in [2.75, 3.05) is 33.7 Å². The number of nitrogens with zero attached hydrogens (tertiary/aromatic N) is 5. The number of hydrogen-bond acceptors (Lipinski definition) is 4. The van der Waals surface area contributed by atoms with Crippen LogP contribution in [-0.4, -0.2) is 63.8 Å². The summed E-state index contributed by atoms with van der Waals surface area (Å²) in [4.78, 5) is 29.7. The van der Waals surface area contributed by atoms with Crippen molar-refractivity contribution in [2.45, 2.75) is 45.7 Å². The maximum absolute atomic E-state index is 13.0. The normalized spacial score (nSPS) is 17.3. The molecule has 152 valence electrons. The van der Waals surface area contributed by atoms with Gasteiger partial charge in [-0.15, -0.1) is 0 Å². The molecule has 1 atom stereocenters. The van der Waals surface area contributed by atoms with Crippen LogP contribution in [0.4, 0.5) is 0 Å². The highest BCUT2D eigenvalue weighted by Crippen LogP contribution is 2.26. The third kappa shape index (κ3) is 4.19. The zero-order chi connectivity index (χ0) is 20.3. The number of aromatic nitrogens is 3. The van der Waals surface area contributed by atoms with Crippen LogP contribution in [0.5, 0.6) is 0 Å². The van der Waals surface area contributed by atoms with E-state index in [2.05, 4.69) is 5.10 Å². The average Bonchev–Trinajstić information content (AvgIpc) is 3.02. The first kappa shape index (κ1) is 20.3. The number of piperidine rings is 1. The highest BCUT2D eigenvalue weighted by Gasteiger charge is 2.30. The van der Waals surface area contributed by atoms with Crippen molar-refractivity contribution in [3.05, 3.63) is 51.7 Å². The summed E-state index contributed by atoms with van der Waals surface area (Å²) >= 11 is 0. The molecule has 7 nitrogen and oxygen atoms in total. The van der Waals surface area contributed by atoms with Crippen molar-refractivity contribution in [3.63, 3.8) is 0 Å². The molecule has 7 heteroatoms. The maximum Gasteiger partial charge on any atom is 0.345 e. The Hall–Kier alpha value is -2.41. The van der Waals surface area contributed by atoms with E-state index in [4.69, 9.17) is 0 Å². The van der Waals surface area contributed by atoms with Gasteiger partial charge in [-0.25, -0.2) is 9.48 Å². The van der Waals surface area contributed by atoms with Crippen molar-refractivity contribution in [1.82, 2.24) is 24.1 Å². The van der Waals surface area contributed by atoms with Gasteiger partial charge in [-0.3, -0.25) is 9.36 Å². The fraction of sp³-hybridized carbons (Fsp3) is 0.571. The third-order valence-corrected chi connectivity index (χ3v) is 5.48. The van der Waals surface area contributed by atoms with Crippen LogP contribution in [0.3, 0.4) is 0 Å². The molecule has 1 aliphatic rings. The Balaban J connectivity index is 1.82. The summed E-state index contributed by atoms with van der Waals surface area (Å²) in [6, 6.07) is 7.71. The first-order valence-electron chi connectivity index (χ1n) is 10.1. The Bertz CT molecular complexity index is 883. The minimum atomic E-state index is -0.0540. The smallest absolute Gasteiger partial charge is 0.338 e. The molecule has 1 aromatic heterocycles. The number of hydrogen-bond donors (Lipinski definition) is 0. The average molecular weight is 386 g/mol. The summed E-state index contributed by atoms with van der Waals surface area (Å²) in [5.74, 6) is 0.976. The van der Waals surface area contributed by atoms with Crippen LogP contribution in [-0.2, 0) is 13.1 Å².